The zero-order chi connectivity index (χ0) is 12.3. The number of nitrogen functional groups attached to an aromatic ring is 1. The van der Waals surface area contributed by atoms with Crippen molar-refractivity contribution >= 4 is 11.7 Å². The first-order valence-electron chi connectivity index (χ1n) is 6.26. The lowest BCUT2D eigenvalue weighted by atomic mass is 9.83. The molecule has 2 rings (SSSR count). The number of hydrogen-bond donors (Lipinski definition) is 2. The summed E-state index contributed by atoms with van der Waals surface area (Å²) in [7, 11) is 0. The van der Waals surface area contributed by atoms with Crippen LogP contribution in [0.2, 0.25) is 0 Å². The van der Waals surface area contributed by atoms with E-state index in [9.17, 15) is 4.79 Å². The van der Waals surface area contributed by atoms with Gasteiger partial charge in [-0.2, -0.15) is 0 Å². The Bertz CT molecular complexity index is 387. The van der Waals surface area contributed by atoms with E-state index in [1.54, 1.807) is 12.3 Å². The number of anilines is 1. The largest absolute Gasteiger partial charge is 0.461 e. The van der Waals surface area contributed by atoms with Gasteiger partial charge < -0.3 is 15.5 Å². The van der Waals surface area contributed by atoms with Crippen LogP contribution in [-0.4, -0.2) is 17.6 Å². The van der Waals surface area contributed by atoms with Crippen LogP contribution in [0, 0.1) is 11.8 Å². The molecule has 2 unspecified atom stereocenters. The maximum Gasteiger partial charge on any atom is 0.354 e. The Morgan fingerprint density at radius 1 is 1.59 bits per heavy atom. The van der Waals surface area contributed by atoms with E-state index in [-0.39, 0.29) is 5.97 Å². The summed E-state index contributed by atoms with van der Waals surface area (Å²) in [5, 5.41) is 0. The molecule has 4 nitrogen and oxygen atoms in total. The molecule has 3 N–H and O–H groups in total. The third-order valence-corrected chi connectivity index (χ3v) is 3.42. The number of rotatable bonds is 3. The molecule has 1 aliphatic carbocycles. The van der Waals surface area contributed by atoms with Crippen LogP contribution in [0.5, 0.6) is 0 Å². The zero-order valence-electron chi connectivity index (χ0n) is 10.2. The second kappa shape index (κ2) is 5.25. The molecule has 17 heavy (non-hydrogen) atoms. The average Bonchev–Trinajstić information content (AvgIpc) is 2.73. The lowest BCUT2D eigenvalue weighted by molar-refractivity contribution is 0.0385. The number of H-pyrrole nitrogens is 1. The van der Waals surface area contributed by atoms with Gasteiger partial charge in [0.05, 0.1) is 12.3 Å². The van der Waals surface area contributed by atoms with E-state index >= 15 is 0 Å². The van der Waals surface area contributed by atoms with Crippen molar-refractivity contribution in [2.75, 3.05) is 12.3 Å². The SMILES string of the molecule is CC1CCCC(COC(=O)c2cc(N)c[nH]2)C1. The molecule has 0 radical (unpaired) electrons. The molecule has 4 heteroatoms. The van der Waals surface area contributed by atoms with Gasteiger partial charge in [0, 0.05) is 6.20 Å². The number of hydrogen-bond acceptors (Lipinski definition) is 3. The van der Waals surface area contributed by atoms with Crippen LogP contribution in [0.1, 0.15) is 43.1 Å². The maximum atomic E-state index is 11.7. The van der Waals surface area contributed by atoms with Crippen LogP contribution in [0.25, 0.3) is 0 Å². The molecule has 1 fully saturated rings. The van der Waals surface area contributed by atoms with Gasteiger partial charge in [0.25, 0.3) is 0 Å². The molecule has 1 aromatic heterocycles. The first kappa shape index (κ1) is 12.0. The molecule has 0 aromatic carbocycles. The van der Waals surface area contributed by atoms with E-state index in [2.05, 4.69) is 11.9 Å². The monoisotopic (exact) mass is 236 g/mol. The van der Waals surface area contributed by atoms with Crippen molar-refractivity contribution in [2.24, 2.45) is 11.8 Å². The van der Waals surface area contributed by atoms with Gasteiger partial charge in [-0.05, 0) is 30.7 Å². The first-order valence-corrected chi connectivity index (χ1v) is 6.26. The Labute approximate surface area is 102 Å². The van der Waals surface area contributed by atoms with E-state index < -0.39 is 0 Å². The van der Waals surface area contributed by atoms with Crippen molar-refractivity contribution in [3.05, 3.63) is 18.0 Å². The topological polar surface area (TPSA) is 68.1 Å². The minimum Gasteiger partial charge on any atom is -0.461 e. The van der Waals surface area contributed by atoms with E-state index in [0.717, 1.165) is 5.92 Å². The van der Waals surface area contributed by atoms with Crippen LogP contribution < -0.4 is 5.73 Å². The minimum atomic E-state index is -0.306. The fourth-order valence-corrected chi connectivity index (χ4v) is 2.51. The third kappa shape index (κ3) is 3.25. The lowest BCUT2D eigenvalue weighted by Gasteiger charge is -2.26. The lowest BCUT2D eigenvalue weighted by Crippen LogP contribution is -2.20. The minimum absolute atomic E-state index is 0.306. The maximum absolute atomic E-state index is 11.7. The van der Waals surface area contributed by atoms with Crippen molar-refractivity contribution in [1.82, 2.24) is 4.98 Å². The molecule has 0 aliphatic heterocycles. The van der Waals surface area contributed by atoms with Gasteiger partial charge in [-0.25, -0.2) is 4.79 Å². The highest BCUT2D eigenvalue weighted by Crippen LogP contribution is 2.28. The Balaban J connectivity index is 1.80. The smallest absolute Gasteiger partial charge is 0.354 e. The summed E-state index contributed by atoms with van der Waals surface area (Å²) < 4.78 is 5.30. The van der Waals surface area contributed by atoms with E-state index in [1.807, 2.05) is 0 Å². The van der Waals surface area contributed by atoms with E-state index in [1.165, 1.54) is 25.7 Å². The van der Waals surface area contributed by atoms with Crippen LogP contribution >= 0.6 is 0 Å². The highest BCUT2D eigenvalue weighted by atomic mass is 16.5. The summed E-state index contributed by atoms with van der Waals surface area (Å²) in [4.78, 5) is 14.5. The number of carbonyl (C=O) groups excluding carboxylic acids is 1. The molecule has 0 spiro atoms. The van der Waals surface area contributed by atoms with Crippen LogP contribution in [0.15, 0.2) is 12.3 Å². The first-order chi connectivity index (χ1) is 8.15. The Morgan fingerprint density at radius 3 is 3.06 bits per heavy atom. The number of ether oxygens (including phenoxy) is 1. The zero-order valence-corrected chi connectivity index (χ0v) is 10.2. The molecule has 1 saturated carbocycles. The fourth-order valence-electron chi connectivity index (χ4n) is 2.51. The molecule has 0 bridgehead atoms. The van der Waals surface area contributed by atoms with Crippen molar-refractivity contribution in [1.29, 1.82) is 0 Å². The summed E-state index contributed by atoms with van der Waals surface area (Å²) in [5.74, 6) is 0.975. The third-order valence-electron chi connectivity index (χ3n) is 3.42. The summed E-state index contributed by atoms with van der Waals surface area (Å²) in [5.41, 5.74) is 6.53. The summed E-state index contributed by atoms with van der Waals surface area (Å²) >= 11 is 0. The normalized spacial score (nSPS) is 24.5. The van der Waals surface area contributed by atoms with Crippen molar-refractivity contribution in [3.8, 4) is 0 Å². The highest BCUT2D eigenvalue weighted by Gasteiger charge is 2.20. The molecular formula is C13H20N2O2. The standard InChI is InChI=1S/C13H20N2O2/c1-9-3-2-4-10(5-9)8-17-13(16)12-6-11(14)7-15-12/h6-7,9-10,15H,2-5,8,14H2,1H3. The molecule has 0 amide bonds. The van der Waals surface area contributed by atoms with Crippen molar-refractivity contribution < 1.29 is 9.53 Å². The van der Waals surface area contributed by atoms with Gasteiger partial charge >= 0.3 is 5.97 Å². The average molecular weight is 236 g/mol. The fraction of sp³-hybridized carbons (Fsp3) is 0.615. The van der Waals surface area contributed by atoms with Crippen LogP contribution in [0.4, 0.5) is 5.69 Å². The number of aromatic amines is 1. The number of carbonyl (C=O) groups is 1. The second-order valence-corrected chi connectivity index (χ2v) is 5.08. The molecule has 1 aliphatic rings. The van der Waals surface area contributed by atoms with Gasteiger partial charge in [0.15, 0.2) is 0 Å². The Morgan fingerprint density at radius 2 is 2.41 bits per heavy atom. The Kier molecular flexibility index (Phi) is 3.71. The second-order valence-electron chi connectivity index (χ2n) is 5.08. The predicted molar refractivity (Wildman–Crippen MR) is 66.6 cm³/mol. The van der Waals surface area contributed by atoms with Gasteiger partial charge in [0.1, 0.15) is 5.69 Å². The number of esters is 1. The van der Waals surface area contributed by atoms with Gasteiger partial charge in [-0.3, -0.25) is 0 Å². The molecule has 0 saturated heterocycles. The number of nitrogens with one attached hydrogen (secondary N) is 1. The molecule has 1 aromatic rings. The molecule has 2 atom stereocenters. The van der Waals surface area contributed by atoms with E-state index in [4.69, 9.17) is 10.5 Å². The highest BCUT2D eigenvalue weighted by molar-refractivity contribution is 5.88. The van der Waals surface area contributed by atoms with Crippen LogP contribution in [-0.2, 0) is 4.74 Å². The predicted octanol–water partition coefficient (Wildman–Crippen LogP) is 2.58. The van der Waals surface area contributed by atoms with Gasteiger partial charge in [-0.1, -0.05) is 19.8 Å². The molecular weight excluding hydrogens is 216 g/mol. The van der Waals surface area contributed by atoms with Crippen LogP contribution in [0.3, 0.4) is 0 Å². The number of nitrogens with two attached hydrogens (primary N) is 1. The van der Waals surface area contributed by atoms with E-state index in [0.29, 0.717) is 23.9 Å². The molecule has 1 heterocycles. The van der Waals surface area contributed by atoms with Crippen molar-refractivity contribution in [3.63, 3.8) is 0 Å². The van der Waals surface area contributed by atoms with Gasteiger partial charge in [0.2, 0.25) is 0 Å². The number of aromatic nitrogens is 1. The molecule has 94 valence electrons. The summed E-state index contributed by atoms with van der Waals surface area (Å²) in [6.45, 7) is 2.79. The Hall–Kier alpha value is -1.45. The quantitative estimate of drug-likeness (QED) is 0.792. The van der Waals surface area contributed by atoms with Crippen molar-refractivity contribution in [2.45, 2.75) is 32.6 Å². The summed E-state index contributed by atoms with van der Waals surface area (Å²) in [6, 6.07) is 1.60. The van der Waals surface area contributed by atoms with Gasteiger partial charge in [-0.15, -0.1) is 0 Å². The summed E-state index contributed by atoms with van der Waals surface area (Å²) in [6.07, 6.45) is 6.49.